The quantitative estimate of drug-likeness (QED) is 0.0371. The van der Waals surface area contributed by atoms with Gasteiger partial charge in [0.25, 0.3) is 29.5 Å². The summed E-state index contributed by atoms with van der Waals surface area (Å²) in [4.78, 5) is 92.4. The molecule has 3 saturated carbocycles. The number of carbonyl (C=O) groups is 5. The molecule has 7 aromatic carbocycles. The number of carbonyl (C=O) groups excluding carboxylic acids is 5. The van der Waals surface area contributed by atoms with Crippen LogP contribution in [0.2, 0.25) is 0 Å². The lowest BCUT2D eigenvalue weighted by molar-refractivity contribution is -0.139. The lowest BCUT2D eigenvalue weighted by Gasteiger charge is -2.29. The normalized spacial score (nSPS) is 16.3. The number of rotatable bonds is 19. The van der Waals surface area contributed by atoms with E-state index in [4.69, 9.17) is 49.8 Å². The number of nitrogens with one attached hydrogen (secondary N) is 3. The minimum Gasteiger partial charge on any atom is -0.493 e. The van der Waals surface area contributed by atoms with E-state index in [9.17, 15) is 24.0 Å². The number of nitrogens with two attached hydrogens (primary N) is 1. The number of ether oxygens (including phenoxy) is 4. The van der Waals surface area contributed by atoms with Crippen molar-refractivity contribution in [3.63, 3.8) is 0 Å². The molecule has 2 atom stereocenters. The number of aromatic amines is 1. The van der Waals surface area contributed by atoms with E-state index in [0.29, 0.717) is 47.5 Å². The van der Waals surface area contributed by atoms with Gasteiger partial charge in [-0.1, -0.05) is 109 Å². The molecular formula is C100H102N16O11. The van der Waals surface area contributed by atoms with Crippen molar-refractivity contribution < 1.29 is 53.0 Å². The standard InChI is InChI=1S/C24H20N4O2.C22H17N5.C20H25N3O.C18H20N2O3.C16H20N2O5/c1-15-13-18-9-12-28-21(18)19(14-15)20(16-5-3-2-4-6-16)26-22(24(28)30)27-23(29)17-7-10-25-11-8-17;1-14-9-17-11-16(10-15-5-7-23-8-6-15)12-19(21(17)24-13-14)18-3-2-4-20-22(18)26-27-25-20;1-3-17-16-12-13-22(18-11-7-4-8-14(18)2)20(24)19(16)23(21-17)15-9-5-6-10-15;1-22-16-9-7-12(10-17(16)23-14-4-2-3-5-14)13-6-8-15(18(19)21)20-11-13;1-21-13-7-6-10(8-14(13)22-11-4-2-3-5-11)12-9-15(23-18-12)16(19)17-20/h2-8,10-11,13-14,22H,9,12H2,1H3,(H,27,29);2-9,11-13H,10H2,1H3,(H,25,26,27);4,7-8,11,15H,3,5-6,9-10,12-13H2,1-2H3;6-11,14H,2-5H2,1H3,(H2,19,21);6-8,11,15,20H,2-5,9H2,1H3,(H,17,19)/t22-;;;;15-/m0...1/s1. The number of anilines is 2. The maximum atomic E-state index is 13.4. The fourth-order valence-corrected chi connectivity index (χ4v) is 17.7. The fourth-order valence-electron chi connectivity index (χ4n) is 17.7. The van der Waals surface area contributed by atoms with Crippen molar-refractivity contribution in [2.75, 3.05) is 37.1 Å². The third-order valence-electron chi connectivity index (χ3n) is 24.1. The summed E-state index contributed by atoms with van der Waals surface area (Å²) in [5.41, 5.74) is 30.3. The molecule has 0 radical (unpaired) electrons. The van der Waals surface area contributed by atoms with Gasteiger partial charge in [0.2, 0.25) is 12.3 Å². The zero-order valence-corrected chi connectivity index (χ0v) is 72.0. The molecule has 127 heavy (non-hydrogen) atoms. The van der Waals surface area contributed by atoms with Gasteiger partial charge >= 0.3 is 0 Å². The highest BCUT2D eigenvalue weighted by Gasteiger charge is 2.39. The Hall–Kier alpha value is -14.3. The molecule has 648 valence electrons. The molecule has 0 saturated heterocycles. The van der Waals surface area contributed by atoms with Crippen molar-refractivity contribution in [3.05, 3.63) is 291 Å². The summed E-state index contributed by atoms with van der Waals surface area (Å²) in [6.07, 6.45) is 26.6. The van der Waals surface area contributed by atoms with Gasteiger partial charge in [-0.15, -0.1) is 0 Å². The predicted octanol–water partition coefficient (Wildman–Crippen LogP) is 16.6. The van der Waals surface area contributed by atoms with Crippen LogP contribution in [0.4, 0.5) is 11.4 Å². The van der Waals surface area contributed by atoms with E-state index < -0.39 is 24.1 Å². The average molecular weight is 1700 g/mol. The second-order valence-corrected chi connectivity index (χ2v) is 32.7. The van der Waals surface area contributed by atoms with Crippen LogP contribution in [0.25, 0.3) is 44.2 Å². The van der Waals surface area contributed by atoms with E-state index in [-0.39, 0.29) is 35.6 Å². The Labute approximate surface area is 736 Å². The summed E-state index contributed by atoms with van der Waals surface area (Å²) in [5, 5.41) is 32.7. The fraction of sp³-hybridized carbons (Fsp3) is 0.300. The van der Waals surface area contributed by atoms with Crippen molar-refractivity contribution in [2.24, 2.45) is 15.9 Å². The van der Waals surface area contributed by atoms with E-state index in [1.165, 1.54) is 55.2 Å². The van der Waals surface area contributed by atoms with Crippen molar-refractivity contribution in [3.8, 4) is 45.3 Å². The van der Waals surface area contributed by atoms with Crippen LogP contribution < -0.4 is 45.3 Å². The molecule has 3 fully saturated rings. The number of aliphatic imine (C=N–C) groups is 1. The number of primary amides is 1. The molecule has 0 bridgehead atoms. The van der Waals surface area contributed by atoms with Gasteiger partial charge in [-0.05, 0) is 241 Å². The van der Waals surface area contributed by atoms with Gasteiger partial charge in [-0.25, -0.2) is 10.5 Å². The highest BCUT2D eigenvalue weighted by Crippen LogP contribution is 2.42. The molecule has 7 aliphatic rings. The number of para-hydroxylation sites is 2. The van der Waals surface area contributed by atoms with Gasteiger partial charge in [0.1, 0.15) is 22.4 Å². The third-order valence-corrected chi connectivity index (χ3v) is 24.1. The number of amides is 5. The summed E-state index contributed by atoms with van der Waals surface area (Å²) in [7, 11) is 3.24. The van der Waals surface area contributed by atoms with Crippen LogP contribution in [-0.2, 0) is 40.1 Å². The first-order valence-corrected chi connectivity index (χ1v) is 43.5. The number of aromatic nitrogens is 9. The first-order valence-electron chi connectivity index (χ1n) is 43.5. The van der Waals surface area contributed by atoms with Crippen molar-refractivity contribution in [2.45, 2.75) is 167 Å². The monoisotopic (exact) mass is 1700 g/mol. The van der Waals surface area contributed by atoms with Gasteiger partial charge in [0, 0.05) is 112 Å². The minimum atomic E-state index is -1.00. The van der Waals surface area contributed by atoms with Crippen LogP contribution in [0.1, 0.15) is 189 Å². The van der Waals surface area contributed by atoms with E-state index in [0.717, 1.165) is 188 Å². The van der Waals surface area contributed by atoms with Crippen LogP contribution >= 0.6 is 0 Å². The second-order valence-electron chi connectivity index (χ2n) is 32.7. The Morgan fingerprint density at radius 1 is 0.606 bits per heavy atom. The number of fused-ring (bicyclic) bond motifs is 3. The number of hydrogen-bond donors (Lipinski definition) is 5. The molecule has 6 aromatic heterocycles. The average Bonchev–Trinajstić information content (AvgIpc) is 1.63. The molecule has 13 aromatic rings. The first-order chi connectivity index (χ1) is 62.0. The van der Waals surface area contributed by atoms with E-state index in [1.807, 2.05) is 121 Å². The van der Waals surface area contributed by atoms with Crippen LogP contribution in [0.5, 0.6) is 23.0 Å². The summed E-state index contributed by atoms with van der Waals surface area (Å²) in [6, 6.07) is 57.3. The first kappa shape index (κ1) is 86.2. The van der Waals surface area contributed by atoms with Crippen molar-refractivity contribution in [1.82, 2.24) is 55.9 Å². The lowest BCUT2D eigenvalue weighted by Crippen LogP contribution is -2.46. The van der Waals surface area contributed by atoms with Gasteiger partial charge in [-0.3, -0.25) is 53.8 Å². The SMILES string of the molecule is CCc1nn(C2CCCC2)c2c1CCN(c1ccccc1C)C2=O.COc1ccc(-c2ccc(C(N)=O)nc2)cc1OC1CCCC1.COc1ccc(C2=NO[C@@H](C(=O)NO)C2)cc1OC1CCCC1.Cc1cc2c3c(c1)C(c1ccccc1)=N[C@@H](NC(=O)c1ccncc1)C(=O)N3CC2.Cc1cnc2c(-c3cccc4n[nH]nc34)cc(Cc3ccncc3)cc2c1. The number of oxime groups is 1. The Balaban J connectivity index is 0.000000117. The molecule has 5 amide bonds. The highest BCUT2D eigenvalue weighted by atomic mass is 16.7. The molecule has 27 heteroatoms. The third kappa shape index (κ3) is 19.6. The number of hydrogen-bond acceptors (Lipinski definition) is 20. The zero-order valence-electron chi connectivity index (χ0n) is 72.0. The summed E-state index contributed by atoms with van der Waals surface area (Å²) in [6.45, 7) is 9.67. The van der Waals surface area contributed by atoms with E-state index in [2.05, 4.69) is 134 Å². The van der Waals surface area contributed by atoms with Crippen LogP contribution in [0.3, 0.4) is 0 Å². The molecule has 10 heterocycles. The Morgan fingerprint density at radius 3 is 1.95 bits per heavy atom. The maximum Gasteiger partial charge on any atom is 0.287 e. The lowest BCUT2D eigenvalue weighted by atomic mass is 9.95. The van der Waals surface area contributed by atoms with Gasteiger partial charge in [-0.2, -0.15) is 20.5 Å². The van der Waals surface area contributed by atoms with Gasteiger partial charge < -0.3 is 44.6 Å². The number of H-pyrrole nitrogens is 1. The zero-order chi connectivity index (χ0) is 88.0. The number of nitrogens with zero attached hydrogens (tertiary/aromatic N) is 12. The molecular weight excluding hydrogens is 1600 g/mol. The van der Waals surface area contributed by atoms with Gasteiger partial charge in [0.15, 0.2) is 23.0 Å². The van der Waals surface area contributed by atoms with Crippen LogP contribution in [0.15, 0.2) is 223 Å². The number of methoxy groups -OCH3 is 2. The van der Waals surface area contributed by atoms with E-state index in [1.54, 1.807) is 61.4 Å². The number of aryl methyl sites for hydroxylation is 4. The molecule has 27 nitrogen and oxygen atoms in total. The highest BCUT2D eigenvalue weighted by molar-refractivity contribution is 6.21. The topological polar surface area (TPSA) is 344 Å². The van der Waals surface area contributed by atoms with E-state index >= 15 is 0 Å². The number of pyridine rings is 4. The molecule has 0 spiro atoms. The maximum absolute atomic E-state index is 13.4. The molecule has 3 aliphatic carbocycles. The van der Waals surface area contributed by atoms with Crippen molar-refractivity contribution >= 4 is 74.3 Å². The molecule has 20 rings (SSSR count). The summed E-state index contributed by atoms with van der Waals surface area (Å²) < 4.78 is 25.0. The smallest absolute Gasteiger partial charge is 0.287 e. The number of benzene rings is 7. The predicted molar refractivity (Wildman–Crippen MR) is 486 cm³/mol. The largest absolute Gasteiger partial charge is 0.493 e. The Bertz CT molecular complexity index is 6220. The molecule has 6 N–H and O–H groups in total. The Morgan fingerprint density at radius 2 is 1.28 bits per heavy atom. The number of hydroxylamine groups is 1. The second kappa shape index (κ2) is 39.7. The van der Waals surface area contributed by atoms with Crippen molar-refractivity contribution in [1.29, 1.82) is 0 Å². The summed E-state index contributed by atoms with van der Waals surface area (Å²) in [5.74, 6) is 1.24. The Kier molecular flexibility index (Phi) is 26.9. The van der Waals surface area contributed by atoms with Gasteiger partial charge in [0.05, 0.1) is 60.8 Å². The van der Waals surface area contributed by atoms with Crippen LogP contribution in [-0.4, -0.2) is 143 Å². The molecule has 4 aliphatic heterocycles. The van der Waals surface area contributed by atoms with Crippen LogP contribution in [0, 0.1) is 20.8 Å². The minimum absolute atomic E-state index is 0.129. The molecule has 0 unspecified atom stereocenters. The summed E-state index contributed by atoms with van der Waals surface area (Å²) >= 11 is 0.